The zero-order valence-corrected chi connectivity index (χ0v) is 25.4. The number of aromatic nitrogens is 4. The van der Waals surface area contributed by atoms with E-state index in [0.717, 1.165) is 15.9 Å². The van der Waals surface area contributed by atoms with E-state index in [1.54, 1.807) is 0 Å². The molecule has 4 unspecified atom stereocenters. The molecule has 45 heavy (non-hydrogen) atoms. The number of thioether (sulfide) groups is 1. The van der Waals surface area contributed by atoms with Gasteiger partial charge < -0.3 is 34.3 Å². The fourth-order valence-corrected chi connectivity index (χ4v) is 7.60. The number of phosphoric ester groups is 1. The molecule has 0 aliphatic carbocycles. The van der Waals surface area contributed by atoms with Gasteiger partial charge in [0, 0.05) is 18.5 Å². The van der Waals surface area contributed by atoms with Crippen LogP contribution in [0.5, 0.6) is 5.75 Å². The van der Waals surface area contributed by atoms with Gasteiger partial charge in [-0.05, 0) is 0 Å². The number of furan rings is 1. The number of anilines is 2. The molecule has 9 N–H and O–H groups in total. The number of rotatable bonds is 2. The molecule has 1 fully saturated rings. The van der Waals surface area contributed by atoms with Crippen LogP contribution in [0.2, 0.25) is 0 Å². The first-order valence-corrected chi connectivity index (χ1v) is 17.3. The first-order valence-electron chi connectivity index (χ1n) is 12.4. The Kier molecular flexibility index (Phi) is 7.27. The third-order valence-corrected chi connectivity index (χ3v) is 9.92. The van der Waals surface area contributed by atoms with Crippen LogP contribution in [0, 0.1) is 5.82 Å². The van der Waals surface area contributed by atoms with Crippen LogP contribution >= 0.6 is 26.3 Å². The number of hydrogen-bond acceptors (Lipinski definition) is 18. The van der Waals surface area contributed by atoms with Crippen molar-refractivity contribution in [3.63, 3.8) is 0 Å². The fourth-order valence-electron chi connectivity index (χ4n) is 4.59. The monoisotopic (exact) mass is 709 g/mol. The van der Waals surface area contributed by atoms with Crippen LogP contribution in [-0.4, -0.2) is 60.5 Å². The van der Waals surface area contributed by atoms with Crippen molar-refractivity contribution in [3.05, 3.63) is 45.2 Å². The van der Waals surface area contributed by atoms with Crippen LogP contribution in [0.25, 0.3) is 16.2 Å². The van der Waals surface area contributed by atoms with Crippen LogP contribution in [0.15, 0.2) is 42.8 Å². The summed E-state index contributed by atoms with van der Waals surface area (Å²) in [4.78, 5) is 43.5. The van der Waals surface area contributed by atoms with E-state index < -0.39 is 85.1 Å². The summed E-state index contributed by atoms with van der Waals surface area (Å²) in [6, 6.07) is -0.664. The SMILES string of the molecule is Nc1nc2c(ncn2C2=C3OP(O)(=S)OCc4oc(N5N=NC6C5NCN[C@H]6N)c(F)c4OP(=O)(O)O/C=C(/S2)[C@@H]3F)c(=O)[nH]1. The highest BCUT2D eigenvalue weighted by Crippen LogP contribution is 2.57. The molecule has 0 saturated carbocycles. The molecule has 1 saturated heterocycles. The zero-order valence-electron chi connectivity index (χ0n) is 21.9. The summed E-state index contributed by atoms with van der Waals surface area (Å²) in [5, 5.41) is 14.6. The van der Waals surface area contributed by atoms with Gasteiger partial charge in [0.15, 0.2) is 28.9 Å². The average Bonchev–Trinajstić information content (AvgIpc) is 3.72. The number of imidazole rings is 1. The van der Waals surface area contributed by atoms with Gasteiger partial charge in [-0.25, -0.2) is 13.9 Å². The number of nitrogens with zero attached hydrogens (tertiary/aromatic N) is 6. The third kappa shape index (κ3) is 5.31. The van der Waals surface area contributed by atoms with Crippen molar-refractivity contribution in [1.29, 1.82) is 0 Å². The second-order valence-electron chi connectivity index (χ2n) is 9.46. The lowest BCUT2D eigenvalue weighted by Gasteiger charge is -2.33. The Morgan fingerprint density at radius 1 is 1.27 bits per heavy atom. The second-order valence-corrected chi connectivity index (χ2v) is 14.6. The molecule has 6 atom stereocenters. The standard InChI is InChI=1S/C19H19F2N11O9P2S2/c20-7-6-2-37-42(34,35)40-11-5(39-17(8(11)21)32-14-9(29-30-32)13(22)24-3-25-14)1-38-43(36,44)41-12(7)18(45-6)31-4-26-10-15(31)27-19(23)28-16(10)33/h2,4,7,9,13-14,24-25H,1,3,22H2,(H,34,35)(H,36,44)(H3,23,27,28,33)/b6-2+/t7-,9?,13+,14?,43?/m0/s1. The first-order chi connectivity index (χ1) is 21.3. The Morgan fingerprint density at radius 2 is 2.07 bits per heavy atom. The number of fused-ring (bicyclic) bond motifs is 5. The Bertz CT molecular complexity index is 1990. The van der Waals surface area contributed by atoms with Crippen LogP contribution < -0.4 is 37.2 Å². The van der Waals surface area contributed by atoms with E-state index in [4.69, 9.17) is 45.8 Å². The van der Waals surface area contributed by atoms with Gasteiger partial charge in [-0.2, -0.15) is 19.5 Å². The summed E-state index contributed by atoms with van der Waals surface area (Å²) in [5.74, 6) is -4.38. The van der Waals surface area contributed by atoms with E-state index in [-0.39, 0.29) is 28.8 Å². The molecule has 7 heterocycles. The van der Waals surface area contributed by atoms with Crippen molar-refractivity contribution >= 4 is 66.1 Å². The largest absolute Gasteiger partial charge is 0.584 e. The minimum Gasteiger partial charge on any atom is -0.434 e. The lowest BCUT2D eigenvalue weighted by atomic mass is 10.1. The van der Waals surface area contributed by atoms with Crippen LogP contribution in [0.4, 0.5) is 20.6 Å². The van der Waals surface area contributed by atoms with Gasteiger partial charge in [0.2, 0.25) is 17.5 Å². The van der Waals surface area contributed by atoms with Gasteiger partial charge in [0.1, 0.15) is 36.4 Å². The minimum absolute atomic E-state index is 0.118. The van der Waals surface area contributed by atoms with Crippen LogP contribution in [0.1, 0.15) is 5.76 Å². The number of H-pyrrole nitrogens is 1. The van der Waals surface area contributed by atoms with Gasteiger partial charge in [0.25, 0.3) is 11.4 Å². The molecule has 2 bridgehead atoms. The van der Waals surface area contributed by atoms with E-state index in [2.05, 4.69) is 35.9 Å². The quantitative estimate of drug-likeness (QED) is 0.181. The van der Waals surface area contributed by atoms with Crippen molar-refractivity contribution < 1.29 is 45.6 Å². The van der Waals surface area contributed by atoms with Crippen molar-refractivity contribution in [2.24, 2.45) is 16.1 Å². The summed E-state index contributed by atoms with van der Waals surface area (Å²) in [5.41, 5.74) is 10.7. The molecule has 240 valence electrons. The van der Waals surface area contributed by atoms with Crippen LogP contribution in [-0.2, 0) is 36.6 Å². The molecule has 3 aromatic heterocycles. The number of nitrogens with two attached hydrogens (primary N) is 2. The van der Waals surface area contributed by atoms with Crippen molar-refractivity contribution in [1.82, 2.24) is 30.2 Å². The average molecular weight is 710 g/mol. The van der Waals surface area contributed by atoms with Gasteiger partial charge in [0.05, 0.1) is 11.1 Å². The van der Waals surface area contributed by atoms with Crippen LogP contribution in [0.3, 0.4) is 0 Å². The maximum absolute atomic E-state index is 15.7. The lowest BCUT2D eigenvalue weighted by Crippen LogP contribution is -2.65. The number of alkyl halides is 1. The highest BCUT2D eigenvalue weighted by atomic mass is 32.5. The number of nitrogen functional groups attached to an aromatic ring is 1. The van der Waals surface area contributed by atoms with E-state index in [0.29, 0.717) is 18.0 Å². The summed E-state index contributed by atoms with van der Waals surface area (Å²) >= 11 is 5.67. The third-order valence-electron chi connectivity index (χ3n) is 6.58. The smallest absolute Gasteiger partial charge is 0.434 e. The maximum atomic E-state index is 15.7. The van der Waals surface area contributed by atoms with E-state index in [9.17, 15) is 19.1 Å². The Hall–Kier alpha value is -3.44. The molecule has 0 amide bonds. The Morgan fingerprint density at radius 3 is 2.87 bits per heavy atom. The highest BCUT2D eigenvalue weighted by Gasteiger charge is 2.45. The maximum Gasteiger partial charge on any atom is 0.584 e. The summed E-state index contributed by atoms with van der Waals surface area (Å²) < 4.78 is 71.8. The van der Waals surface area contributed by atoms with Crippen molar-refractivity contribution in [2.75, 3.05) is 17.4 Å². The molecular formula is C19H19F2N11O9P2S2. The molecule has 3 aromatic rings. The Labute approximate surface area is 257 Å². The van der Waals surface area contributed by atoms with Gasteiger partial charge in [-0.3, -0.25) is 34.4 Å². The minimum atomic E-state index is -5.25. The summed E-state index contributed by atoms with van der Waals surface area (Å²) in [6.07, 6.45) is -2.02. The molecule has 26 heteroatoms. The van der Waals surface area contributed by atoms with Crippen molar-refractivity contribution in [2.45, 2.75) is 31.2 Å². The molecule has 0 spiro atoms. The Balaban J connectivity index is 1.28. The zero-order chi connectivity index (χ0) is 31.8. The molecule has 0 aromatic carbocycles. The van der Waals surface area contributed by atoms with E-state index in [1.807, 2.05) is 0 Å². The van der Waals surface area contributed by atoms with E-state index in [1.165, 1.54) is 0 Å². The number of aromatic amines is 1. The summed E-state index contributed by atoms with van der Waals surface area (Å²) in [6.45, 7) is -5.15. The number of allylic oxidation sites excluding steroid dienone is 1. The lowest BCUT2D eigenvalue weighted by molar-refractivity contribution is 0.190. The normalized spacial score (nSPS) is 32.8. The van der Waals surface area contributed by atoms with Crippen molar-refractivity contribution in [3.8, 4) is 5.75 Å². The first kappa shape index (κ1) is 30.2. The van der Waals surface area contributed by atoms with E-state index >= 15 is 8.78 Å². The predicted octanol–water partition coefficient (Wildman–Crippen LogP) is 0.763. The molecule has 4 aliphatic rings. The number of nitrogens with one attached hydrogen (secondary N) is 3. The molecule has 7 rings (SSSR count). The number of halogens is 2. The topological polar surface area (TPSA) is 275 Å². The van der Waals surface area contributed by atoms with Gasteiger partial charge in [-0.15, -0.1) is 0 Å². The highest BCUT2D eigenvalue weighted by molar-refractivity contribution is 8.12. The van der Waals surface area contributed by atoms with Gasteiger partial charge >= 0.3 is 14.5 Å². The molecule has 0 radical (unpaired) electrons. The molecular weight excluding hydrogens is 690 g/mol. The predicted molar refractivity (Wildman–Crippen MR) is 153 cm³/mol. The van der Waals surface area contributed by atoms with Gasteiger partial charge in [-0.1, -0.05) is 17.0 Å². The molecule has 20 nitrogen and oxygen atoms in total. The number of hydrogen-bond donors (Lipinski definition) is 7. The molecule has 4 aliphatic heterocycles. The summed E-state index contributed by atoms with van der Waals surface area (Å²) in [7, 11) is -5.25. The second kappa shape index (κ2) is 10.8. The number of phosphoric acid groups is 1. The fraction of sp³-hybridized carbons (Fsp3) is 0.316.